The van der Waals surface area contributed by atoms with Gasteiger partial charge in [-0.2, -0.15) is 0 Å². The van der Waals surface area contributed by atoms with Gasteiger partial charge < -0.3 is 0 Å². The van der Waals surface area contributed by atoms with Gasteiger partial charge in [0.05, 0.1) is 10.0 Å². The summed E-state index contributed by atoms with van der Waals surface area (Å²) in [6.45, 7) is 8.29. The highest BCUT2D eigenvalue weighted by atomic mass is 35.5. The van der Waals surface area contributed by atoms with Crippen LogP contribution in [0.2, 0.25) is 10.0 Å². The first-order chi connectivity index (χ1) is 8.78. The van der Waals surface area contributed by atoms with E-state index < -0.39 is 0 Å². The van der Waals surface area contributed by atoms with E-state index in [9.17, 15) is 4.79 Å². The van der Waals surface area contributed by atoms with Crippen LogP contribution in [0.1, 0.15) is 32.3 Å². The van der Waals surface area contributed by atoms with Crippen molar-refractivity contribution < 1.29 is 4.79 Å². The van der Waals surface area contributed by atoms with Gasteiger partial charge in [-0.3, -0.25) is 4.79 Å². The zero-order chi connectivity index (χ0) is 14.2. The van der Waals surface area contributed by atoms with E-state index in [2.05, 4.69) is 20.4 Å². The molecule has 1 aliphatic rings. The highest BCUT2D eigenvalue weighted by Gasteiger charge is 2.28. The smallest absolute Gasteiger partial charge is 0.156 e. The Labute approximate surface area is 123 Å². The number of halogens is 2. The first-order valence-electron chi connectivity index (χ1n) is 6.17. The van der Waals surface area contributed by atoms with Gasteiger partial charge in [0.2, 0.25) is 0 Å². The monoisotopic (exact) mass is 294 g/mol. The fourth-order valence-electron chi connectivity index (χ4n) is 2.41. The van der Waals surface area contributed by atoms with Crippen LogP contribution < -0.4 is 0 Å². The molecule has 0 aliphatic heterocycles. The highest BCUT2D eigenvalue weighted by molar-refractivity contribution is 6.42. The number of carbonyl (C=O) groups excluding carboxylic acids is 1. The lowest BCUT2D eigenvalue weighted by Crippen LogP contribution is -2.22. The number of hydrogen-bond donors (Lipinski definition) is 0. The van der Waals surface area contributed by atoms with Gasteiger partial charge in [0.15, 0.2) is 5.78 Å². The molecule has 0 heterocycles. The molecule has 1 aliphatic carbocycles. The Kier molecular flexibility index (Phi) is 3.89. The van der Waals surface area contributed by atoms with Crippen molar-refractivity contribution in [2.45, 2.75) is 26.7 Å². The van der Waals surface area contributed by atoms with E-state index in [1.807, 2.05) is 6.07 Å². The van der Waals surface area contributed by atoms with Crippen LogP contribution in [-0.2, 0) is 4.79 Å². The molecule has 100 valence electrons. The van der Waals surface area contributed by atoms with Crippen molar-refractivity contribution in [2.75, 3.05) is 0 Å². The zero-order valence-corrected chi connectivity index (χ0v) is 12.6. The normalized spacial score (nSPS) is 18.1. The summed E-state index contributed by atoms with van der Waals surface area (Å²) in [5.74, 6) is 0.160. The molecule has 0 bridgehead atoms. The molecule has 0 N–H and O–H groups in total. The average Bonchev–Trinajstić information content (AvgIpc) is 2.29. The summed E-state index contributed by atoms with van der Waals surface area (Å²) in [4.78, 5) is 11.8. The van der Waals surface area contributed by atoms with Crippen molar-refractivity contribution in [1.82, 2.24) is 0 Å². The van der Waals surface area contributed by atoms with E-state index in [1.54, 1.807) is 18.2 Å². The van der Waals surface area contributed by atoms with Crippen LogP contribution in [0.4, 0.5) is 0 Å². The molecule has 0 unspecified atom stereocenters. The molecule has 0 fully saturated rings. The summed E-state index contributed by atoms with van der Waals surface area (Å²) in [6, 6.07) is 5.42. The van der Waals surface area contributed by atoms with Gasteiger partial charge in [-0.1, -0.05) is 49.7 Å². The second-order valence-corrected chi connectivity index (χ2v) is 6.58. The average molecular weight is 295 g/mol. The van der Waals surface area contributed by atoms with Crippen LogP contribution in [0, 0.1) is 5.41 Å². The van der Waals surface area contributed by atoms with Gasteiger partial charge in [0.25, 0.3) is 0 Å². The third-order valence-electron chi connectivity index (χ3n) is 3.31. The maximum atomic E-state index is 11.8. The number of carbonyl (C=O) groups is 1. The molecule has 1 aromatic carbocycles. The second kappa shape index (κ2) is 5.15. The summed E-state index contributed by atoms with van der Waals surface area (Å²) < 4.78 is 0. The Bertz CT molecular complexity index is 582. The van der Waals surface area contributed by atoms with Gasteiger partial charge in [0, 0.05) is 6.42 Å². The van der Waals surface area contributed by atoms with Gasteiger partial charge >= 0.3 is 0 Å². The molecule has 19 heavy (non-hydrogen) atoms. The summed E-state index contributed by atoms with van der Waals surface area (Å²) >= 11 is 11.9. The van der Waals surface area contributed by atoms with Crippen molar-refractivity contribution >= 4 is 34.6 Å². The van der Waals surface area contributed by atoms with Crippen molar-refractivity contribution in [3.8, 4) is 0 Å². The number of hydrogen-bond acceptors (Lipinski definition) is 1. The van der Waals surface area contributed by atoms with E-state index in [0.29, 0.717) is 16.5 Å². The maximum absolute atomic E-state index is 11.8. The van der Waals surface area contributed by atoms with Crippen LogP contribution in [0.25, 0.3) is 5.57 Å². The third-order valence-corrected chi connectivity index (χ3v) is 4.05. The molecule has 0 spiro atoms. The lowest BCUT2D eigenvalue weighted by atomic mass is 9.74. The summed E-state index contributed by atoms with van der Waals surface area (Å²) in [5, 5.41) is 1.02. The molecule has 0 radical (unpaired) electrons. The molecule has 0 saturated carbocycles. The molecular weight excluding hydrogens is 279 g/mol. The minimum atomic E-state index is -0.0136. The van der Waals surface area contributed by atoms with Gasteiger partial charge in [-0.15, -0.1) is 0 Å². The summed E-state index contributed by atoms with van der Waals surface area (Å²) in [7, 11) is 0. The Morgan fingerprint density at radius 2 is 1.89 bits per heavy atom. The molecule has 1 aromatic rings. The van der Waals surface area contributed by atoms with Crippen LogP contribution >= 0.6 is 23.2 Å². The predicted molar refractivity (Wildman–Crippen MR) is 81.6 cm³/mol. The fraction of sp³-hybridized carbons (Fsp3) is 0.312. The molecule has 0 atom stereocenters. The summed E-state index contributed by atoms with van der Waals surface area (Å²) in [5.41, 5.74) is 2.73. The van der Waals surface area contributed by atoms with Crippen LogP contribution in [-0.4, -0.2) is 5.78 Å². The second-order valence-electron chi connectivity index (χ2n) is 5.76. The Balaban J connectivity index is 2.34. The molecule has 0 saturated heterocycles. The van der Waals surface area contributed by atoms with Crippen molar-refractivity contribution in [2.24, 2.45) is 5.41 Å². The standard InChI is InChI=1S/C16H16Cl2O/c1-10(11-4-5-14(17)15(18)7-11)12-6-13(19)9-16(2,3)8-12/h4-7H,1,8-9H2,2-3H3. The maximum Gasteiger partial charge on any atom is 0.156 e. The molecule has 0 amide bonds. The number of rotatable bonds is 2. The van der Waals surface area contributed by atoms with Crippen LogP contribution in [0.5, 0.6) is 0 Å². The Morgan fingerprint density at radius 3 is 2.47 bits per heavy atom. The van der Waals surface area contributed by atoms with E-state index in [0.717, 1.165) is 23.1 Å². The number of allylic oxidation sites excluding steroid dienone is 3. The predicted octanol–water partition coefficient (Wildman–Crippen LogP) is 5.32. The van der Waals surface area contributed by atoms with Gasteiger partial charge in [-0.05, 0) is 46.8 Å². The molecule has 1 nitrogen and oxygen atoms in total. The van der Waals surface area contributed by atoms with E-state index >= 15 is 0 Å². The van der Waals surface area contributed by atoms with Crippen LogP contribution in [0.3, 0.4) is 0 Å². The largest absolute Gasteiger partial charge is 0.295 e. The van der Waals surface area contributed by atoms with Crippen LogP contribution in [0.15, 0.2) is 36.4 Å². The molecule has 0 aromatic heterocycles. The van der Waals surface area contributed by atoms with Crippen molar-refractivity contribution in [3.63, 3.8) is 0 Å². The SMILES string of the molecule is C=C(C1=CC(=O)CC(C)(C)C1)c1ccc(Cl)c(Cl)c1. The molecule has 2 rings (SSSR count). The summed E-state index contributed by atoms with van der Waals surface area (Å²) in [6.07, 6.45) is 3.14. The number of ketones is 1. The Morgan fingerprint density at radius 1 is 1.21 bits per heavy atom. The minimum absolute atomic E-state index is 0.0136. The lowest BCUT2D eigenvalue weighted by Gasteiger charge is -2.29. The molecule has 3 heteroatoms. The fourth-order valence-corrected chi connectivity index (χ4v) is 2.71. The third kappa shape index (κ3) is 3.29. The first kappa shape index (κ1) is 14.4. The van der Waals surface area contributed by atoms with Gasteiger partial charge in [-0.25, -0.2) is 0 Å². The highest BCUT2D eigenvalue weighted by Crippen LogP contribution is 2.39. The van der Waals surface area contributed by atoms with E-state index in [1.165, 1.54) is 0 Å². The van der Waals surface area contributed by atoms with Crippen molar-refractivity contribution in [3.05, 3.63) is 52.0 Å². The lowest BCUT2D eigenvalue weighted by molar-refractivity contribution is -0.116. The number of benzene rings is 1. The zero-order valence-electron chi connectivity index (χ0n) is 11.1. The molecular formula is C16H16Cl2O. The quantitative estimate of drug-likeness (QED) is 0.721. The first-order valence-corrected chi connectivity index (χ1v) is 6.92. The minimum Gasteiger partial charge on any atom is -0.295 e. The topological polar surface area (TPSA) is 17.1 Å². The van der Waals surface area contributed by atoms with Gasteiger partial charge in [0.1, 0.15) is 0 Å². The Hall–Kier alpha value is -1.05. The van der Waals surface area contributed by atoms with E-state index in [-0.39, 0.29) is 11.2 Å². The van der Waals surface area contributed by atoms with E-state index in [4.69, 9.17) is 23.2 Å². The van der Waals surface area contributed by atoms with Crippen molar-refractivity contribution in [1.29, 1.82) is 0 Å².